The first kappa shape index (κ1) is 17.6. The van der Waals surface area contributed by atoms with Crippen LogP contribution in [0, 0.1) is 18.6 Å². The predicted octanol–water partition coefficient (Wildman–Crippen LogP) is 3.06. The zero-order chi connectivity index (χ0) is 17.7. The topological polar surface area (TPSA) is 49.4 Å². The number of hydrogen-bond acceptors (Lipinski definition) is 2. The summed E-state index contributed by atoms with van der Waals surface area (Å²) < 4.78 is 26.3. The SMILES string of the molecule is CC(=O)N(CCNC(=O)c1ccccc1C)c1ccc(F)c(F)c1. The summed E-state index contributed by atoms with van der Waals surface area (Å²) in [6.45, 7) is 3.49. The highest BCUT2D eigenvalue weighted by Crippen LogP contribution is 2.18. The quantitative estimate of drug-likeness (QED) is 0.915. The molecule has 0 atom stereocenters. The van der Waals surface area contributed by atoms with Crippen LogP contribution in [0.3, 0.4) is 0 Å². The van der Waals surface area contributed by atoms with Gasteiger partial charge in [-0.3, -0.25) is 9.59 Å². The molecule has 1 N–H and O–H groups in total. The van der Waals surface area contributed by atoms with Gasteiger partial charge in [-0.05, 0) is 30.7 Å². The van der Waals surface area contributed by atoms with Crippen LogP contribution in [-0.4, -0.2) is 24.9 Å². The lowest BCUT2D eigenvalue weighted by Gasteiger charge is -2.21. The van der Waals surface area contributed by atoms with E-state index in [2.05, 4.69) is 5.32 Å². The molecule has 0 aromatic heterocycles. The van der Waals surface area contributed by atoms with E-state index in [-0.39, 0.29) is 30.6 Å². The Kier molecular flexibility index (Phi) is 5.63. The molecule has 0 heterocycles. The van der Waals surface area contributed by atoms with Crippen LogP contribution in [0.1, 0.15) is 22.8 Å². The summed E-state index contributed by atoms with van der Waals surface area (Å²) in [5, 5.41) is 2.72. The molecule has 0 spiro atoms. The number of halogens is 2. The second-order valence-electron chi connectivity index (χ2n) is 5.34. The third-order valence-electron chi connectivity index (χ3n) is 3.61. The molecule has 0 saturated heterocycles. The molecular weight excluding hydrogens is 314 g/mol. The van der Waals surface area contributed by atoms with Crippen LogP contribution < -0.4 is 10.2 Å². The van der Waals surface area contributed by atoms with E-state index < -0.39 is 11.6 Å². The van der Waals surface area contributed by atoms with E-state index in [0.717, 1.165) is 17.7 Å². The summed E-state index contributed by atoms with van der Waals surface area (Å²) in [5.41, 5.74) is 1.64. The van der Waals surface area contributed by atoms with Gasteiger partial charge in [0.15, 0.2) is 11.6 Å². The minimum Gasteiger partial charge on any atom is -0.350 e. The normalized spacial score (nSPS) is 10.3. The smallest absolute Gasteiger partial charge is 0.251 e. The summed E-state index contributed by atoms with van der Waals surface area (Å²) in [6.07, 6.45) is 0. The molecule has 0 aliphatic carbocycles. The molecule has 0 radical (unpaired) electrons. The first-order valence-corrected chi connectivity index (χ1v) is 7.47. The largest absolute Gasteiger partial charge is 0.350 e. The van der Waals surface area contributed by atoms with Gasteiger partial charge in [0.1, 0.15) is 0 Å². The molecule has 2 aromatic carbocycles. The average Bonchev–Trinajstić information content (AvgIpc) is 2.54. The van der Waals surface area contributed by atoms with E-state index in [9.17, 15) is 18.4 Å². The van der Waals surface area contributed by atoms with Crippen LogP contribution >= 0.6 is 0 Å². The highest BCUT2D eigenvalue weighted by Gasteiger charge is 2.15. The van der Waals surface area contributed by atoms with E-state index in [0.29, 0.717) is 5.56 Å². The van der Waals surface area contributed by atoms with Gasteiger partial charge >= 0.3 is 0 Å². The minimum atomic E-state index is -1.03. The lowest BCUT2D eigenvalue weighted by molar-refractivity contribution is -0.116. The Morgan fingerprint density at radius 1 is 1.08 bits per heavy atom. The Morgan fingerprint density at radius 3 is 2.42 bits per heavy atom. The molecule has 4 nitrogen and oxygen atoms in total. The standard InChI is InChI=1S/C18H18F2N2O2/c1-12-5-3-4-6-15(12)18(24)21-9-10-22(13(2)23)14-7-8-16(19)17(20)11-14/h3-8,11H,9-10H2,1-2H3,(H,21,24). The van der Waals surface area contributed by atoms with Crippen molar-refractivity contribution in [3.8, 4) is 0 Å². The highest BCUT2D eigenvalue weighted by molar-refractivity contribution is 5.96. The molecule has 0 fully saturated rings. The maximum atomic E-state index is 13.3. The fourth-order valence-electron chi connectivity index (χ4n) is 2.33. The maximum absolute atomic E-state index is 13.3. The van der Waals surface area contributed by atoms with Gasteiger partial charge in [-0.1, -0.05) is 18.2 Å². The zero-order valence-electron chi connectivity index (χ0n) is 13.5. The lowest BCUT2D eigenvalue weighted by atomic mass is 10.1. The van der Waals surface area contributed by atoms with Crippen LogP contribution in [-0.2, 0) is 4.79 Å². The van der Waals surface area contributed by atoms with Gasteiger partial charge in [0, 0.05) is 37.3 Å². The number of carbonyl (C=O) groups is 2. The van der Waals surface area contributed by atoms with Crippen molar-refractivity contribution < 1.29 is 18.4 Å². The number of anilines is 1. The van der Waals surface area contributed by atoms with E-state index in [4.69, 9.17) is 0 Å². The molecule has 2 aromatic rings. The van der Waals surface area contributed by atoms with Crippen LogP contribution in [0.25, 0.3) is 0 Å². The molecule has 126 valence electrons. The van der Waals surface area contributed by atoms with E-state index >= 15 is 0 Å². The van der Waals surface area contributed by atoms with Crippen molar-refractivity contribution in [2.45, 2.75) is 13.8 Å². The van der Waals surface area contributed by atoms with E-state index in [1.54, 1.807) is 12.1 Å². The van der Waals surface area contributed by atoms with E-state index in [1.165, 1.54) is 17.9 Å². The number of aryl methyl sites for hydroxylation is 1. The third kappa shape index (κ3) is 4.16. The number of nitrogens with one attached hydrogen (secondary N) is 1. The van der Waals surface area contributed by atoms with Crippen molar-refractivity contribution in [2.75, 3.05) is 18.0 Å². The van der Waals surface area contributed by atoms with Gasteiger partial charge in [0.05, 0.1) is 0 Å². The van der Waals surface area contributed by atoms with Crippen molar-refractivity contribution >= 4 is 17.5 Å². The average molecular weight is 332 g/mol. The van der Waals surface area contributed by atoms with Crippen LogP contribution in [0.4, 0.5) is 14.5 Å². The number of nitrogens with zero attached hydrogens (tertiary/aromatic N) is 1. The number of hydrogen-bond donors (Lipinski definition) is 1. The van der Waals surface area contributed by atoms with Crippen LogP contribution in [0.5, 0.6) is 0 Å². The van der Waals surface area contributed by atoms with Crippen molar-refractivity contribution in [3.05, 3.63) is 65.2 Å². The van der Waals surface area contributed by atoms with Crippen molar-refractivity contribution in [1.29, 1.82) is 0 Å². The zero-order valence-corrected chi connectivity index (χ0v) is 13.5. The number of benzene rings is 2. The number of amides is 2. The number of carbonyl (C=O) groups excluding carboxylic acids is 2. The van der Waals surface area contributed by atoms with Gasteiger partial charge < -0.3 is 10.2 Å². The van der Waals surface area contributed by atoms with Gasteiger partial charge in [-0.2, -0.15) is 0 Å². The van der Waals surface area contributed by atoms with Gasteiger partial charge in [-0.25, -0.2) is 8.78 Å². The van der Waals surface area contributed by atoms with Crippen molar-refractivity contribution in [1.82, 2.24) is 5.32 Å². The molecule has 0 unspecified atom stereocenters. The van der Waals surface area contributed by atoms with Crippen molar-refractivity contribution in [3.63, 3.8) is 0 Å². The summed E-state index contributed by atoms with van der Waals surface area (Å²) in [4.78, 5) is 25.1. The molecule has 0 bridgehead atoms. The highest BCUT2D eigenvalue weighted by atomic mass is 19.2. The van der Waals surface area contributed by atoms with Gasteiger partial charge in [-0.15, -0.1) is 0 Å². The molecule has 0 aliphatic heterocycles. The van der Waals surface area contributed by atoms with Crippen molar-refractivity contribution in [2.24, 2.45) is 0 Å². The third-order valence-corrected chi connectivity index (χ3v) is 3.61. The summed E-state index contributed by atoms with van der Waals surface area (Å²) in [5.74, 6) is -2.58. The number of rotatable bonds is 5. The molecule has 2 amide bonds. The molecule has 24 heavy (non-hydrogen) atoms. The second kappa shape index (κ2) is 7.68. The summed E-state index contributed by atoms with van der Waals surface area (Å²) >= 11 is 0. The van der Waals surface area contributed by atoms with Crippen LogP contribution in [0.2, 0.25) is 0 Å². The first-order valence-electron chi connectivity index (χ1n) is 7.47. The molecule has 0 aliphatic rings. The fourth-order valence-corrected chi connectivity index (χ4v) is 2.33. The first-order chi connectivity index (χ1) is 11.4. The molecular formula is C18H18F2N2O2. The Balaban J connectivity index is 2.02. The summed E-state index contributed by atoms with van der Waals surface area (Å²) in [6, 6.07) is 10.4. The Labute approximate surface area is 139 Å². The Morgan fingerprint density at radius 2 is 1.79 bits per heavy atom. The van der Waals surface area contributed by atoms with Crippen LogP contribution in [0.15, 0.2) is 42.5 Å². The molecule has 6 heteroatoms. The monoisotopic (exact) mass is 332 g/mol. The second-order valence-corrected chi connectivity index (χ2v) is 5.34. The predicted molar refractivity (Wildman–Crippen MR) is 87.9 cm³/mol. The maximum Gasteiger partial charge on any atom is 0.251 e. The lowest BCUT2D eigenvalue weighted by Crippen LogP contribution is -2.37. The van der Waals surface area contributed by atoms with Gasteiger partial charge in [0.2, 0.25) is 5.91 Å². The molecule has 0 saturated carbocycles. The minimum absolute atomic E-state index is 0.151. The van der Waals surface area contributed by atoms with Gasteiger partial charge in [0.25, 0.3) is 5.91 Å². The Hall–Kier alpha value is -2.76. The van der Waals surface area contributed by atoms with E-state index in [1.807, 2.05) is 19.1 Å². The summed E-state index contributed by atoms with van der Waals surface area (Å²) in [7, 11) is 0. The molecule has 2 rings (SSSR count). The Bertz CT molecular complexity index is 762. The fraction of sp³-hybridized carbons (Fsp3) is 0.222.